The molecular formula is C13H15N5O3. The molecule has 0 spiro atoms. The lowest BCUT2D eigenvalue weighted by Crippen LogP contribution is -2.43. The number of H-pyrrole nitrogens is 1. The molecule has 0 radical (unpaired) electrons. The normalized spacial score (nSPS) is 11.8. The Morgan fingerprint density at radius 2 is 2.19 bits per heavy atom. The first-order valence-electron chi connectivity index (χ1n) is 6.24. The zero-order valence-electron chi connectivity index (χ0n) is 11.1. The Hall–Kier alpha value is -2.90. The Kier molecular flexibility index (Phi) is 4.50. The first-order valence-corrected chi connectivity index (χ1v) is 6.24. The van der Waals surface area contributed by atoms with Crippen LogP contribution in [0.4, 0.5) is 5.69 Å². The maximum atomic E-state index is 11.9. The summed E-state index contributed by atoms with van der Waals surface area (Å²) in [6, 6.07) is 2.24. The fraction of sp³-hybridized carbons (Fsp3) is 0.231. The highest BCUT2D eigenvalue weighted by Gasteiger charge is 2.21. The number of pyridine rings is 1. The number of carboxylic acid groups (broad SMARTS) is 1. The topological polar surface area (TPSA) is 134 Å². The Morgan fingerprint density at radius 3 is 2.76 bits per heavy atom. The van der Waals surface area contributed by atoms with Crippen LogP contribution in [0.15, 0.2) is 30.9 Å². The summed E-state index contributed by atoms with van der Waals surface area (Å²) in [5.74, 6) is -1.53. The van der Waals surface area contributed by atoms with E-state index in [-0.39, 0.29) is 12.8 Å². The number of aromatic amines is 1. The predicted molar refractivity (Wildman–Crippen MR) is 74.2 cm³/mol. The number of carbonyl (C=O) groups excluding carboxylic acids is 1. The molecule has 5 N–H and O–H groups in total. The highest BCUT2D eigenvalue weighted by atomic mass is 16.4. The summed E-state index contributed by atoms with van der Waals surface area (Å²) in [7, 11) is 0. The standard InChI is InChI=1S/C13H15N5O3/c14-8-1-2-9(16-5-8)4-12(19)18-11(13(20)21)3-10-6-15-7-17-10/h1-2,5-7,11H,3-4,14H2,(H,15,17)(H,18,19)(H,20,21). The molecule has 0 aromatic carbocycles. The minimum atomic E-state index is -1.11. The SMILES string of the molecule is Nc1ccc(CC(=O)NC(Cc2cnc[nH]2)C(=O)O)nc1. The Balaban J connectivity index is 1.95. The van der Waals surface area contributed by atoms with Gasteiger partial charge in [0.05, 0.1) is 24.6 Å². The Morgan fingerprint density at radius 1 is 1.38 bits per heavy atom. The number of rotatable bonds is 6. The fourth-order valence-corrected chi connectivity index (χ4v) is 1.77. The Labute approximate surface area is 120 Å². The smallest absolute Gasteiger partial charge is 0.326 e. The van der Waals surface area contributed by atoms with Crippen LogP contribution in [-0.2, 0) is 22.4 Å². The van der Waals surface area contributed by atoms with Crippen molar-refractivity contribution in [3.63, 3.8) is 0 Å². The van der Waals surface area contributed by atoms with Crippen molar-refractivity contribution >= 4 is 17.6 Å². The van der Waals surface area contributed by atoms with E-state index in [1.54, 1.807) is 12.1 Å². The van der Waals surface area contributed by atoms with Gasteiger partial charge in [0.15, 0.2) is 0 Å². The third-order valence-corrected chi connectivity index (χ3v) is 2.80. The number of imidazole rings is 1. The van der Waals surface area contributed by atoms with Crippen LogP contribution < -0.4 is 11.1 Å². The van der Waals surface area contributed by atoms with E-state index in [2.05, 4.69) is 20.3 Å². The van der Waals surface area contributed by atoms with Gasteiger partial charge in [-0.15, -0.1) is 0 Å². The molecule has 0 aliphatic heterocycles. The van der Waals surface area contributed by atoms with Crippen LogP contribution in [-0.4, -0.2) is 38.0 Å². The van der Waals surface area contributed by atoms with Gasteiger partial charge in [0.2, 0.25) is 5.91 Å². The molecule has 21 heavy (non-hydrogen) atoms. The second-order valence-electron chi connectivity index (χ2n) is 4.50. The van der Waals surface area contributed by atoms with Gasteiger partial charge in [0, 0.05) is 24.0 Å². The van der Waals surface area contributed by atoms with Gasteiger partial charge < -0.3 is 21.1 Å². The number of nitrogens with one attached hydrogen (secondary N) is 2. The van der Waals surface area contributed by atoms with Crippen LogP contribution in [0, 0.1) is 0 Å². The maximum Gasteiger partial charge on any atom is 0.326 e. The summed E-state index contributed by atoms with van der Waals surface area (Å²) in [5, 5.41) is 11.6. The number of anilines is 1. The summed E-state index contributed by atoms with van der Waals surface area (Å²) in [5.41, 5.74) is 7.16. The molecule has 0 fully saturated rings. The third kappa shape index (κ3) is 4.30. The van der Waals surface area contributed by atoms with E-state index >= 15 is 0 Å². The van der Waals surface area contributed by atoms with Crippen molar-refractivity contribution in [1.29, 1.82) is 0 Å². The van der Waals surface area contributed by atoms with Crippen molar-refractivity contribution in [3.8, 4) is 0 Å². The van der Waals surface area contributed by atoms with Crippen LogP contribution >= 0.6 is 0 Å². The molecule has 2 aromatic heterocycles. The fourth-order valence-electron chi connectivity index (χ4n) is 1.77. The zero-order valence-corrected chi connectivity index (χ0v) is 11.1. The summed E-state index contributed by atoms with van der Waals surface area (Å²) in [6.07, 6.45) is 4.54. The highest BCUT2D eigenvalue weighted by molar-refractivity contribution is 5.84. The van der Waals surface area contributed by atoms with Crippen LogP contribution in [0.25, 0.3) is 0 Å². The molecule has 2 aromatic rings. The summed E-state index contributed by atoms with van der Waals surface area (Å²) in [6.45, 7) is 0. The summed E-state index contributed by atoms with van der Waals surface area (Å²) in [4.78, 5) is 33.6. The molecule has 0 saturated carbocycles. The van der Waals surface area contributed by atoms with E-state index in [0.29, 0.717) is 17.1 Å². The number of hydrogen-bond donors (Lipinski definition) is 4. The predicted octanol–water partition coefficient (Wildman–Crippen LogP) is -0.259. The molecule has 1 amide bonds. The average Bonchev–Trinajstić information content (AvgIpc) is 2.93. The molecule has 1 unspecified atom stereocenters. The minimum absolute atomic E-state index is 0.00691. The lowest BCUT2D eigenvalue weighted by atomic mass is 10.1. The van der Waals surface area contributed by atoms with Crippen molar-refractivity contribution in [2.45, 2.75) is 18.9 Å². The van der Waals surface area contributed by atoms with E-state index in [1.807, 2.05) is 0 Å². The molecular weight excluding hydrogens is 274 g/mol. The average molecular weight is 289 g/mol. The number of aromatic nitrogens is 3. The van der Waals surface area contributed by atoms with E-state index in [0.717, 1.165) is 0 Å². The molecule has 0 aliphatic carbocycles. The number of aliphatic carboxylic acids is 1. The summed E-state index contributed by atoms with van der Waals surface area (Å²) >= 11 is 0. The number of carboxylic acids is 1. The molecule has 2 heterocycles. The summed E-state index contributed by atoms with van der Waals surface area (Å²) < 4.78 is 0. The lowest BCUT2D eigenvalue weighted by molar-refractivity contribution is -0.141. The minimum Gasteiger partial charge on any atom is -0.480 e. The van der Waals surface area contributed by atoms with Crippen LogP contribution in [0.1, 0.15) is 11.4 Å². The molecule has 8 heteroatoms. The second kappa shape index (κ2) is 6.51. The van der Waals surface area contributed by atoms with Gasteiger partial charge in [-0.2, -0.15) is 0 Å². The first-order chi connectivity index (χ1) is 10.0. The van der Waals surface area contributed by atoms with Crippen molar-refractivity contribution in [3.05, 3.63) is 42.2 Å². The monoisotopic (exact) mass is 289 g/mol. The molecule has 1 atom stereocenters. The first kappa shape index (κ1) is 14.5. The molecule has 8 nitrogen and oxygen atoms in total. The van der Waals surface area contributed by atoms with E-state index < -0.39 is 17.9 Å². The van der Waals surface area contributed by atoms with Crippen molar-refractivity contribution in [1.82, 2.24) is 20.3 Å². The van der Waals surface area contributed by atoms with E-state index in [9.17, 15) is 9.59 Å². The number of nitrogens with zero attached hydrogens (tertiary/aromatic N) is 2. The van der Waals surface area contributed by atoms with Gasteiger partial charge in [-0.25, -0.2) is 9.78 Å². The number of nitrogen functional groups attached to an aromatic ring is 1. The van der Waals surface area contributed by atoms with Gasteiger partial charge in [0.1, 0.15) is 6.04 Å². The lowest BCUT2D eigenvalue weighted by Gasteiger charge is -2.13. The third-order valence-electron chi connectivity index (χ3n) is 2.80. The largest absolute Gasteiger partial charge is 0.480 e. The molecule has 0 bridgehead atoms. The van der Waals surface area contributed by atoms with E-state index in [1.165, 1.54) is 18.7 Å². The van der Waals surface area contributed by atoms with Crippen molar-refractivity contribution in [2.24, 2.45) is 0 Å². The van der Waals surface area contributed by atoms with Crippen molar-refractivity contribution < 1.29 is 14.7 Å². The van der Waals surface area contributed by atoms with Gasteiger partial charge in [-0.3, -0.25) is 9.78 Å². The molecule has 0 aliphatic rings. The van der Waals surface area contributed by atoms with Gasteiger partial charge in [-0.05, 0) is 12.1 Å². The van der Waals surface area contributed by atoms with Crippen molar-refractivity contribution in [2.75, 3.05) is 5.73 Å². The zero-order chi connectivity index (χ0) is 15.2. The quantitative estimate of drug-likeness (QED) is 0.579. The number of amides is 1. The van der Waals surface area contributed by atoms with E-state index in [4.69, 9.17) is 10.8 Å². The maximum absolute atomic E-state index is 11.9. The molecule has 0 saturated heterocycles. The number of nitrogens with two attached hydrogens (primary N) is 1. The van der Waals surface area contributed by atoms with Crippen LogP contribution in [0.3, 0.4) is 0 Å². The highest BCUT2D eigenvalue weighted by Crippen LogP contribution is 2.03. The molecule has 2 rings (SSSR count). The van der Waals surface area contributed by atoms with Gasteiger partial charge >= 0.3 is 5.97 Å². The Bertz CT molecular complexity index is 609. The second-order valence-corrected chi connectivity index (χ2v) is 4.50. The molecule has 110 valence electrons. The number of hydrogen-bond acceptors (Lipinski definition) is 5. The van der Waals surface area contributed by atoms with Gasteiger partial charge in [0.25, 0.3) is 0 Å². The number of carbonyl (C=O) groups is 2. The van der Waals surface area contributed by atoms with Gasteiger partial charge in [-0.1, -0.05) is 0 Å². The van der Waals surface area contributed by atoms with Crippen LogP contribution in [0.2, 0.25) is 0 Å². The van der Waals surface area contributed by atoms with Crippen LogP contribution in [0.5, 0.6) is 0 Å².